The smallest absolute Gasteiger partial charge is 0.408 e. The lowest BCUT2D eigenvalue weighted by atomic mass is 9.91. The van der Waals surface area contributed by atoms with E-state index in [1.807, 2.05) is 19.1 Å². The second-order valence-electron chi connectivity index (χ2n) is 11.4. The highest BCUT2D eigenvalue weighted by molar-refractivity contribution is 6.31. The van der Waals surface area contributed by atoms with Crippen LogP contribution in [0, 0.1) is 0 Å². The number of carbonyl (C=O) groups excluding carboxylic acids is 1. The van der Waals surface area contributed by atoms with E-state index in [1.54, 1.807) is 51.9 Å². The first-order valence-corrected chi connectivity index (χ1v) is 15.0. The Bertz CT molecular complexity index is 1760. The Kier molecular flexibility index (Phi) is 8.14. The van der Waals surface area contributed by atoms with Gasteiger partial charge in [0.05, 0.1) is 42.8 Å². The first-order chi connectivity index (χ1) is 21.0. The zero-order chi connectivity index (χ0) is 31.2. The number of aliphatic hydroxyl groups is 1. The van der Waals surface area contributed by atoms with Gasteiger partial charge in [-0.3, -0.25) is 23.6 Å². The zero-order valence-electron chi connectivity index (χ0n) is 23.9. The number of aromatic nitrogens is 3. The van der Waals surface area contributed by atoms with E-state index in [9.17, 15) is 24.6 Å². The standard InChI is InChI=1S/C31H31Cl2N5O6/c1-19-15-44-16-25(37(19)30(41)42)20-4-8-23(9-5-20)38-26(33)14-24-27(38)34-18-36(29(24)40)17-31(43)10-12-35(13-11-31)28(39)21-2-6-22(32)7-3-21/h2-9,14,18-19,25,43H,10-13,15-17H2,1H3,(H,41,42)/t19-,25-/m0/s1. The lowest BCUT2D eigenvalue weighted by Gasteiger charge is -2.38. The maximum atomic E-state index is 13.5. The van der Waals surface area contributed by atoms with E-state index >= 15 is 0 Å². The number of carboxylic acid groups (broad SMARTS) is 1. The maximum Gasteiger partial charge on any atom is 0.408 e. The summed E-state index contributed by atoms with van der Waals surface area (Å²) in [6.07, 6.45) is 1.00. The molecule has 0 spiro atoms. The fourth-order valence-electron chi connectivity index (χ4n) is 6.06. The number of likely N-dealkylation sites (tertiary alicyclic amines) is 1. The number of halogens is 2. The summed E-state index contributed by atoms with van der Waals surface area (Å²) < 4.78 is 8.65. The minimum absolute atomic E-state index is 0.0250. The molecule has 0 radical (unpaired) electrons. The summed E-state index contributed by atoms with van der Waals surface area (Å²) in [5.74, 6) is -0.131. The Morgan fingerprint density at radius 2 is 1.73 bits per heavy atom. The molecule has 11 nitrogen and oxygen atoms in total. The van der Waals surface area contributed by atoms with Crippen molar-refractivity contribution in [3.8, 4) is 5.69 Å². The van der Waals surface area contributed by atoms with E-state index in [1.165, 1.54) is 15.8 Å². The molecule has 2 fully saturated rings. The number of morpholine rings is 1. The number of nitrogens with zero attached hydrogens (tertiary/aromatic N) is 5. The summed E-state index contributed by atoms with van der Waals surface area (Å²) >= 11 is 12.5. The van der Waals surface area contributed by atoms with Crippen molar-refractivity contribution in [3.05, 3.63) is 92.6 Å². The van der Waals surface area contributed by atoms with E-state index in [2.05, 4.69) is 4.98 Å². The molecule has 44 heavy (non-hydrogen) atoms. The summed E-state index contributed by atoms with van der Waals surface area (Å²) in [4.78, 5) is 45.9. The number of hydrogen-bond donors (Lipinski definition) is 2. The third-order valence-electron chi connectivity index (χ3n) is 8.48. The van der Waals surface area contributed by atoms with Crippen molar-refractivity contribution in [2.75, 3.05) is 26.3 Å². The van der Waals surface area contributed by atoms with Gasteiger partial charge < -0.3 is 19.8 Å². The second-order valence-corrected chi connectivity index (χ2v) is 12.2. The Morgan fingerprint density at radius 3 is 2.39 bits per heavy atom. The van der Waals surface area contributed by atoms with E-state index < -0.39 is 17.7 Å². The van der Waals surface area contributed by atoms with Gasteiger partial charge in [-0.05, 0) is 67.8 Å². The van der Waals surface area contributed by atoms with Crippen LogP contribution in [-0.4, -0.2) is 84.1 Å². The molecule has 4 heterocycles. The number of fused-ring (bicyclic) bond motifs is 1. The van der Waals surface area contributed by atoms with Gasteiger partial charge in [0.15, 0.2) is 5.65 Å². The van der Waals surface area contributed by atoms with Crippen LogP contribution < -0.4 is 5.56 Å². The van der Waals surface area contributed by atoms with Crippen LogP contribution in [0.3, 0.4) is 0 Å². The molecule has 230 valence electrons. The lowest BCUT2D eigenvalue weighted by Crippen LogP contribution is -2.49. The number of rotatable bonds is 5. The van der Waals surface area contributed by atoms with Crippen molar-refractivity contribution in [1.29, 1.82) is 0 Å². The number of amides is 2. The molecule has 2 aliphatic heterocycles. The van der Waals surface area contributed by atoms with Gasteiger partial charge in [-0.25, -0.2) is 9.78 Å². The Labute approximate surface area is 262 Å². The van der Waals surface area contributed by atoms with Crippen molar-refractivity contribution in [2.45, 2.75) is 44.0 Å². The van der Waals surface area contributed by atoms with E-state index in [0.717, 1.165) is 5.56 Å². The van der Waals surface area contributed by atoms with Crippen LogP contribution in [0.5, 0.6) is 0 Å². The largest absolute Gasteiger partial charge is 0.465 e. The maximum absolute atomic E-state index is 13.5. The zero-order valence-corrected chi connectivity index (χ0v) is 25.4. The number of hydrogen-bond acceptors (Lipinski definition) is 6. The Morgan fingerprint density at radius 1 is 1.05 bits per heavy atom. The van der Waals surface area contributed by atoms with Gasteiger partial charge in [0.25, 0.3) is 11.5 Å². The average molecular weight is 641 g/mol. The third-order valence-corrected chi connectivity index (χ3v) is 9.01. The van der Waals surface area contributed by atoms with Crippen molar-refractivity contribution in [2.24, 2.45) is 0 Å². The van der Waals surface area contributed by atoms with Crippen LogP contribution in [0.15, 0.2) is 65.7 Å². The van der Waals surface area contributed by atoms with Gasteiger partial charge >= 0.3 is 6.09 Å². The molecule has 2 aromatic carbocycles. The Hall–Kier alpha value is -3.90. The fourth-order valence-corrected chi connectivity index (χ4v) is 6.48. The van der Waals surface area contributed by atoms with Gasteiger partial charge in [-0.1, -0.05) is 35.3 Å². The number of ether oxygens (including phenoxy) is 1. The van der Waals surface area contributed by atoms with Crippen molar-refractivity contribution in [3.63, 3.8) is 0 Å². The average Bonchev–Trinajstić information content (AvgIpc) is 3.35. The van der Waals surface area contributed by atoms with Gasteiger partial charge in [-0.2, -0.15) is 0 Å². The minimum atomic E-state index is -1.19. The Balaban J connectivity index is 1.19. The molecule has 6 rings (SSSR count). The highest BCUT2D eigenvalue weighted by atomic mass is 35.5. The summed E-state index contributed by atoms with van der Waals surface area (Å²) in [7, 11) is 0. The minimum Gasteiger partial charge on any atom is -0.465 e. The predicted molar refractivity (Wildman–Crippen MR) is 165 cm³/mol. The molecule has 4 aromatic rings. The lowest BCUT2D eigenvalue weighted by molar-refractivity contribution is -0.0329. The van der Waals surface area contributed by atoms with Crippen LogP contribution in [-0.2, 0) is 11.3 Å². The summed E-state index contributed by atoms with van der Waals surface area (Å²) in [5.41, 5.74) is 0.789. The number of benzene rings is 2. The van der Waals surface area contributed by atoms with Gasteiger partial charge in [-0.15, -0.1) is 0 Å². The topological polar surface area (TPSA) is 130 Å². The van der Waals surface area contributed by atoms with Gasteiger partial charge in [0.1, 0.15) is 11.5 Å². The molecule has 2 aliphatic rings. The molecule has 2 aromatic heterocycles. The fraction of sp³-hybridized carbons (Fsp3) is 0.355. The summed E-state index contributed by atoms with van der Waals surface area (Å²) in [6.45, 7) is 3.12. The molecule has 0 saturated carbocycles. The van der Waals surface area contributed by atoms with Gasteiger partial charge in [0, 0.05) is 29.4 Å². The molecule has 13 heteroatoms. The van der Waals surface area contributed by atoms with E-state index in [0.29, 0.717) is 59.8 Å². The normalized spacial score (nSPS) is 20.2. The van der Waals surface area contributed by atoms with Crippen molar-refractivity contribution in [1.82, 2.24) is 23.9 Å². The molecule has 2 N–H and O–H groups in total. The SMILES string of the molecule is C[C@H]1COC[C@@H](c2ccc(-n3c(Cl)cc4c(=O)n(CC5(O)CCN(C(=O)c6ccc(Cl)cc6)CC5)cnc43)cc2)N1C(=O)O. The van der Waals surface area contributed by atoms with E-state index in [4.69, 9.17) is 27.9 Å². The molecular formula is C31H31Cl2N5O6. The molecule has 0 aliphatic carbocycles. The van der Waals surface area contributed by atoms with E-state index in [-0.39, 0.29) is 35.8 Å². The third kappa shape index (κ3) is 5.68. The van der Waals surface area contributed by atoms with Crippen molar-refractivity contribution < 1.29 is 24.5 Å². The molecule has 0 unspecified atom stereocenters. The number of piperidine rings is 1. The predicted octanol–water partition coefficient (Wildman–Crippen LogP) is 4.60. The van der Waals surface area contributed by atoms with Crippen molar-refractivity contribution >= 4 is 46.2 Å². The monoisotopic (exact) mass is 639 g/mol. The van der Waals surface area contributed by atoms with Gasteiger partial charge in [0.2, 0.25) is 0 Å². The molecule has 2 atom stereocenters. The highest BCUT2D eigenvalue weighted by Crippen LogP contribution is 2.31. The van der Waals surface area contributed by atoms with Crippen LogP contribution in [0.4, 0.5) is 4.79 Å². The highest BCUT2D eigenvalue weighted by Gasteiger charge is 2.36. The first-order valence-electron chi connectivity index (χ1n) is 14.3. The quantitative estimate of drug-likeness (QED) is 0.326. The molecular weight excluding hydrogens is 609 g/mol. The summed E-state index contributed by atoms with van der Waals surface area (Å²) in [6, 6.07) is 14.8. The van der Waals surface area contributed by atoms with Crippen LogP contribution in [0.25, 0.3) is 16.7 Å². The first kappa shape index (κ1) is 30.1. The van der Waals surface area contributed by atoms with Crippen LogP contribution in [0.2, 0.25) is 10.2 Å². The van der Waals surface area contributed by atoms with Crippen LogP contribution in [0.1, 0.15) is 41.7 Å². The second kappa shape index (κ2) is 11.9. The number of carbonyl (C=O) groups is 2. The van der Waals surface area contributed by atoms with Crippen LogP contribution >= 0.6 is 23.2 Å². The molecule has 2 amide bonds. The summed E-state index contributed by atoms with van der Waals surface area (Å²) in [5, 5.41) is 22.2. The molecule has 2 saturated heterocycles. The molecule has 0 bridgehead atoms.